The summed E-state index contributed by atoms with van der Waals surface area (Å²) in [6.07, 6.45) is 1.42. The third-order valence-electron chi connectivity index (χ3n) is 3.68. The molecule has 0 aromatic heterocycles. The van der Waals surface area contributed by atoms with Gasteiger partial charge in [-0.1, -0.05) is 6.07 Å². The zero-order valence-electron chi connectivity index (χ0n) is 13.4. The van der Waals surface area contributed by atoms with Gasteiger partial charge in [-0.2, -0.15) is 0 Å². The Labute approximate surface area is 146 Å². The molecule has 0 bridgehead atoms. The van der Waals surface area contributed by atoms with Crippen molar-refractivity contribution in [1.29, 1.82) is 0 Å². The molecule has 0 amide bonds. The highest BCUT2D eigenvalue weighted by atomic mass is 16.6. The highest BCUT2D eigenvalue weighted by molar-refractivity contribution is 6.13. The predicted octanol–water partition coefficient (Wildman–Crippen LogP) is 3.16. The molecule has 3 rings (SSSR count). The number of nitro benzene ring substituents is 2. The van der Waals surface area contributed by atoms with Crippen molar-refractivity contribution in [2.24, 2.45) is 4.99 Å². The molecule has 0 saturated heterocycles. The monoisotopic (exact) mass is 353 g/mol. The SMILES string of the molecule is Cc1ccc(C2=NC(=Cc3ccc([N+](=O)[O-])cc3)C(=O)O2)cc1[N+](=O)[O-]. The van der Waals surface area contributed by atoms with Crippen LogP contribution in [-0.2, 0) is 9.53 Å². The van der Waals surface area contributed by atoms with Crippen molar-refractivity contribution in [3.63, 3.8) is 0 Å². The molecule has 0 saturated carbocycles. The number of benzene rings is 2. The first-order chi connectivity index (χ1) is 12.3. The fourth-order valence-corrected chi connectivity index (χ4v) is 2.32. The van der Waals surface area contributed by atoms with Crippen molar-refractivity contribution >= 4 is 29.3 Å². The molecular formula is C17H11N3O6. The van der Waals surface area contributed by atoms with Crippen molar-refractivity contribution in [1.82, 2.24) is 0 Å². The number of ether oxygens (including phenoxy) is 1. The highest BCUT2D eigenvalue weighted by Crippen LogP contribution is 2.24. The van der Waals surface area contributed by atoms with E-state index in [1.54, 1.807) is 19.1 Å². The van der Waals surface area contributed by atoms with E-state index in [2.05, 4.69) is 4.99 Å². The van der Waals surface area contributed by atoms with E-state index in [-0.39, 0.29) is 23.0 Å². The maximum Gasteiger partial charge on any atom is 0.363 e. The zero-order valence-corrected chi connectivity index (χ0v) is 13.4. The number of nitrogens with zero attached hydrogens (tertiary/aromatic N) is 3. The van der Waals surface area contributed by atoms with Crippen LogP contribution < -0.4 is 0 Å². The number of esters is 1. The lowest BCUT2D eigenvalue weighted by Gasteiger charge is -2.01. The van der Waals surface area contributed by atoms with Crippen molar-refractivity contribution < 1.29 is 19.4 Å². The standard InChI is InChI=1S/C17H11N3O6/c1-10-2-5-12(9-15(10)20(24)25)16-18-14(17(21)26-16)8-11-3-6-13(7-4-11)19(22)23/h2-9H,1H3. The van der Waals surface area contributed by atoms with Gasteiger partial charge in [0.05, 0.1) is 9.85 Å². The molecule has 0 spiro atoms. The molecule has 0 atom stereocenters. The first kappa shape index (κ1) is 17.0. The summed E-state index contributed by atoms with van der Waals surface area (Å²) >= 11 is 0. The number of hydrogen-bond donors (Lipinski definition) is 0. The smallest absolute Gasteiger partial charge is 0.363 e. The Balaban J connectivity index is 1.93. The summed E-state index contributed by atoms with van der Waals surface area (Å²) in [5, 5.41) is 21.7. The molecule has 0 unspecified atom stereocenters. The molecule has 0 N–H and O–H groups in total. The quantitative estimate of drug-likeness (QED) is 0.360. The molecular weight excluding hydrogens is 342 g/mol. The third-order valence-corrected chi connectivity index (χ3v) is 3.68. The summed E-state index contributed by atoms with van der Waals surface area (Å²) in [7, 11) is 0. The minimum Gasteiger partial charge on any atom is -0.402 e. The van der Waals surface area contributed by atoms with Crippen molar-refractivity contribution in [3.05, 3.63) is 85.1 Å². The van der Waals surface area contributed by atoms with Crippen molar-refractivity contribution in [2.75, 3.05) is 0 Å². The Morgan fingerprint density at radius 2 is 1.73 bits per heavy atom. The van der Waals surface area contributed by atoms with E-state index in [1.807, 2.05) is 0 Å². The second-order valence-corrected chi connectivity index (χ2v) is 5.44. The number of aryl methyl sites for hydroxylation is 1. The largest absolute Gasteiger partial charge is 0.402 e. The third kappa shape index (κ3) is 3.31. The molecule has 0 radical (unpaired) electrons. The topological polar surface area (TPSA) is 125 Å². The van der Waals surface area contributed by atoms with Gasteiger partial charge in [-0.15, -0.1) is 0 Å². The van der Waals surface area contributed by atoms with Crippen LogP contribution >= 0.6 is 0 Å². The van der Waals surface area contributed by atoms with E-state index in [0.717, 1.165) is 0 Å². The lowest BCUT2D eigenvalue weighted by atomic mass is 10.1. The second kappa shape index (κ2) is 6.55. The average Bonchev–Trinajstić information content (AvgIpc) is 2.96. The van der Waals surface area contributed by atoms with E-state index in [1.165, 1.54) is 36.4 Å². The molecule has 9 heteroatoms. The molecule has 0 aliphatic carbocycles. The molecule has 1 aliphatic heterocycles. The average molecular weight is 353 g/mol. The van der Waals surface area contributed by atoms with Crippen LogP contribution in [0.2, 0.25) is 0 Å². The van der Waals surface area contributed by atoms with Crippen molar-refractivity contribution in [2.45, 2.75) is 6.92 Å². The maximum absolute atomic E-state index is 12.0. The van der Waals surface area contributed by atoms with E-state index >= 15 is 0 Å². The Morgan fingerprint density at radius 1 is 1.04 bits per heavy atom. The fraction of sp³-hybridized carbons (Fsp3) is 0.0588. The molecule has 9 nitrogen and oxygen atoms in total. The Hall–Kier alpha value is -3.88. The summed E-state index contributed by atoms with van der Waals surface area (Å²) in [6.45, 7) is 1.60. The maximum atomic E-state index is 12.0. The number of non-ortho nitro benzene ring substituents is 1. The molecule has 0 fully saturated rings. The second-order valence-electron chi connectivity index (χ2n) is 5.44. The molecule has 1 heterocycles. The Morgan fingerprint density at radius 3 is 2.35 bits per heavy atom. The number of carbonyl (C=O) groups excluding carboxylic acids is 1. The molecule has 130 valence electrons. The molecule has 26 heavy (non-hydrogen) atoms. The van der Waals surface area contributed by atoms with E-state index < -0.39 is 15.8 Å². The van der Waals surface area contributed by atoms with E-state index in [0.29, 0.717) is 16.7 Å². The number of hydrogen-bond acceptors (Lipinski definition) is 7. The van der Waals surface area contributed by atoms with Crippen LogP contribution in [0.3, 0.4) is 0 Å². The molecule has 2 aromatic carbocycles. The number of aliphatic imine (C=N–C) groups is 1. The molecule has 1 aliphatic rings. The Kier molecular flexibility index (Phi) is 4.27. The summed E-state index contributed by atoms with van der Waals surface area (Å²) < 4.78 is 5.08. The number of rotatable bonds is 4. The van der Waals surface area contributed by atoms with E-state index in [9.17, 15) is 25.0 Å². The summed E-state index contributed by atoms with van der Waals surface area (Å²) in [5.41, 5.74) is 1.14. The lowest BCUT2D eigenvalue weighted by molar-refractivity contribution is -0.385. The van der Waals surface area contributed by atoms with Crippen LogP contribution in [0.4, 0.5) is 11.4 Å². The predicted molar refractivity (Wildman–Crippen MR) is 91.5 cm³/mol. The minimum absolute atomic E-state index is 0.00270. The van der Waals surface area contributed by atoms with Gasteiger partial charge < -0.3 is 4.74 Å². The van der Waals surface area contributed by atoms with Gasteiger partial charge in [0.2, 0.25) is 5.90 Å². The first-order valence-electron chi connectivity index (χ1n) is 7.37. The summed E-state index contributed by atoms with van der Waals surface area (Å²) in [4.78, 5) is 36.7. The first-order valence-corrected chi connectivity index (χ1v) is 7.37. The van der Waals surface area contributed by atoms with Crippen LogP contribution in [0, 0.1) is 27.2 Å². The number of nitro groups is 2. The highest BCUT2D eigenvalue weighted by Gasteiger charge is 2.25. The minimum atomic E-state index is -0.707. The van der Waals surface area contributed by atoms with Crippen LogP contribution in [0.1, 0.15) is 16.7 Å². The van der Waals surface area contributed by atoms with Gasteiger partial charge in [0.15, 0.2) is 5.70 Å². The summed E-state index contributed by atoms with van der Waals surface area (Å²) in [6, 6.07) is 9.97. The summed E-state index contributed by atoms with van der Waals surface area (Å²) in [5.74, 6) is -0.743. The van der Waals surface area contributed by atoms with Gasteiger partial charge >= 0.3 is 5.97 Å². The van der Waals surface area contributed by atoms with Crippen molar-refractivity contribution in [3.8, 4) is 0 Å². The van der Waals surface area contributed by atoms with Crippen LogP contribution in [0.25, 0.3) is 6.08 Å². The van der Waals surface area contributed by atoms with Crippen LogP contribution in [0.5, 0.6) is 0 Å². The van der Waals surface area contributed by atoms with Gasteiger partial charge in [0.25, 0.3) is 11.4 Å². The van der Waals surface area contributed by atoms with Gasteiger partial charge in [0.1, 0.15) is 0 Å². The van der Waals surface area contributed by atoms with Crippen LogP contribution in [-0.4, -0.2) is 21.7 Å². The molecule has 2 aromatic rings. The van der Waals surface area contributed by atoms with Crippen LogP contribution in [0.15, 0.2) is 53.2 Å². The number of carbonyl (C=O) groups is 1. The van der Waals surface area contributed by atoms with Gasteiger partial charge in [-0.05, 0) is 36.8 Å². The van der Waals surface area contributed by atoms with Gasteiger partial charge in [0, 0.05) is 29.3 Å². The van der Waals surface area contributed by atoms with Gasteiger partial charge in [-0.3, -0.25) is 20.2 Å². The lowest BCUT2D eigenvalue weighted by Crippen LogP contribution is -2.06. The fourth-order valence-electron chi connectivity index (χ4n) is 2.32. The zero-order chi connectivity index (χ0) is 18.8. The Bertz CT molecular complexity index is 992. The van der Waals surface area contributed by atoms with E-state index in [4.69, 9.17) is 4.74 Å². The number of cyclic esters (lactones) is 1. The van der Waals surface area contributed by atoms with Gasteiger partial charge in [-0.25, -0.2) is 9.79 Å². The normalized spacial score (nSPS) is 14.9.